The van der Waals surface area contributed by atoms with Crippen LogP contribution in [-0.4, -0.2) is 42.4 Å². The van der Waals surface area contributed by atoms with E-state index in [-0.39, 0.29) is 13.0 Å². The first kappa shape index (κ1) is 12.4. The number of carbonyl (C=O) groups excluding carboxylic acids is 1. The van der Waals surface area contributed by atoms with Crippen LogP contribution in [0.1, 0.15) is 26.2 Å². The SMILES string of the molecule is CCC(O)CCNC(=O)C1(F)CCNC1. The van der Waals surface area contributed by atoms with Crippen molar-refractivity contribution in [1.29, 1.82) is 0 Å². The first-order valence-corrected chi connectivity index (χ1v) is 5.44. The molecule has 88 valence electrons. The van der Waals surface area contributed by atoms with E-state index in [9.17, 15) is 14.3 Å². The normalized spacial score (nSPS) is 27.7. The molecule has 1 aliphatic heterocycles. The smallest absolute Gasteiger partial charge is 0.259 e. The van der Waals surface area contributed by atoms with Crippen molar-refractivity contribution in [2.24, 2.45) is 0 Å². The van der Waals surface area contributed by atoms with Crippen molar-refractivity contribution >= 4 is 5.91 Å². The van der Waals surface area contributed by atoms with Gasteiger partial charge in [-0.15, -0.1) is 0 Å². The van der Waals surface area contributed by atoms with E-state index < -0.39 is 17.7 Å². The molecule has 1 rings (SSSR count). The van der Waals surface area contributed by atoms with Crippen molar-refractivity contribution in [3.63, 3.8) is 0 Å². The predicted molar refractivity (Wildman–Crippen MR) is 55.3 cm³/mol. The van der Waals surface area contributed by atoms with E-state index in [4.69, 9.17) is 0 Å². The van der Waals surface area contributed by atoms with Gasteiger partial charge in [-0.05, 0) is 19.4 Å². The highest BCUT2D eigenvalue weighted by Gasteiger charge is 2.41. The van der Waals surface area contributed by atoms with Gasteiger partial charge in [0.2, 0.25) is 5.67 Å². The maximum Gasteiger partial charge on any atom is 0.259 e. The van der Waals surface area contributed by atoms with Crippen LogP contribution < -0.4 is 10.6 Å². The zero-order valence-corrected chi connectivity index (χ0v) is 9.05. The third-order valence-corrected chi connectivity index (χ3v) is 2.74. The number of aliphatic hydroxyl groups excluding tert-OH is 1. The molecule has 5 heteroatoms. The van der Waals surface area contributed by atoms with Gasteiger partial charge in [-0.3, -0.25) is 4.79 Å². The van der Waals surface area contributed by atoms with Crippen LogP contribution in [-0.2, 0) is 4.79 Å². The molecule has 0 radical (unpaired) electrons. The summed E-state index contributed by atoms with van der Waals surface area (Å²) in [5, 5.41) is 14.6. The number of carbonyl (C=O) groups is 1. The first-order valence-electron chi connectivity index (χ1n) is 5.44. The number of hydrogen-bond acceptors (Lipinski definition) is 3. The molecule has 0 aromatic heterocycles. The van der Waals surface area contributed by atoms with Gasteiger partial charge in [0.15, 0.2) is 0 Å². The monoisotopic (exact) mass is 218 g/mol. The lowest BCUT2D eigenvalue weighted by Crippen LogP contribution is -2.45. The molecule has 0 aromatic rings. The van der Waals surface area contributed by atoms with Crippen LogP contribution in [0.15, 0.2) is 0 Å². The summed E-state index contributed by atoms with van der Waals surface area (Å²) >= 11 is 0. The summed E-state index contributed by atoms with van der Waals surface area (Å²) in [5.41, 5.74) is -1.75. The summed E-state index contributed by atoms with van der Waals surface area (Å²) in [6.45, 7) is 2.83. The summed E-state index contributed by atoms with van der Waals surface area (Å²) in [5.74, 6) is -0.559. The zero-order valence-electron chi connectivity index (χ0n) is 9.05. The number of aliphatic hydroxyl groups is 1. The molecule has 1 aliphatic rings. The Morgan fingerprint density at radius 3 is 3.00 bits per heavy atom. The number of alkyl halides is 1. The number of halogens is 1. The minimum Gasteiger partial charge on any atom is -0.393 e. The summed E-state index contributed by atoms with van der Waals surface area (Å²) < 4.78 is 13.8. The zero-order chi connectivity index (χ0) is 11.3. The van der Waals surface area contributed by atoms with Crippen molar-refractivity contribution in [2.45, 2.75) is 38.0 Å². The van der Waals surface area contributed by atoms with E-state index in [1.54, 1.807) is 0 Å². The third-order valence-electron chi connectivity index (χ3n) is 2.74. The summed E-state index contributed by atoms with van der Waals surface area (Å²) in [6.07, 6.45) is 0.946. The fourth-order valence-electron chi connectivity index (χ4n) is 1.57. The maximum absolute atomic E-state index is 13.8. The van der Waals surface area contributed by atoms with Gasteiger partial charge in [0, 0.05) is 19.5 Å². The summed E-state index contributed by atoms with van der Waals surface area (Å²) in [6, 6.07) is 0. The Morgan fingerprint density at radius 2 is 2.47 bits per heavy atom. The molecule has 2 unspecified atom stereocenters. The summed E-state index contributed by atoms with van der Waals surface area (Å²) in [7, 11) is 0. The van der Waals surface area contributed by atoms with Gasteiger partial charge in [0.25, 0.3) is 5.91 Å². The van der Waals surface area contributed by atoms with Gasteiger partial charge in [0.1, 0.15) is 0 Å². The molecule has 15 heavy (non-hydrogen) atoms. The second-order valence-electron chi connectivity index (χ2n) is 4.00. The lowest BCUT2D eigenvalue weighted by molar-refractivity contribution is -0.131. The van der Waals surface area contributed by atoms with Gasteiger partial charge in [-0.25, -0.2) is 4.39 Å². The molecule has 1 fully saturated rings. The minimum atomic E-state index is -1.75. The van der Waals surface area contributed by atoms with Gasteiger partial charge in [-0.2, -0.15) is 0 Å². The molecular weight excluding hydrogens is 199 g/mol. The standard InChI is InChI=1S/C10H19FN2O2/c1-2-8(14)3-5-13-9(15)10(11)4-6-12-7-10/h8,12,14H,2-7H2,1H3,(H,13,15). The second-order valence-corrected chi connectivity index (χ2v) is 4.00. The molecule has 0 saturated carbocycles. The van der Waals surface area contributed by atoms with E-state index in [0.717, 1.165) is 0 Å². The molecule has 1 amide bonds. The van der Waals surface area contributed by atoms with Crippen LogP contribution >= 0.6 is 0 Å². The Bertz CT molecular complexity index is 217. The fourth-order valence-corrected chi connectivity index (χ4v) is 1.57. The molecule has 0 aliphatic carbocycles. The van der Waals surface area contributed by atoms with Crippen molar-refractivity contribution < 1.29 is 14.3 Å². The highest BCUT2D eigenvalue weighted by Crippen LogP contribution is 2.19. The Kier molecular flexibility index (Phi) is 4.47. The van der Waals surface area contributed by atoms with Crippen LogP contribution in [0.4, 0.5) is 4.39 Å². The van der Waals surface area contributed by atoms with Gasteiger partial charge in [0.05, 0.1) is 6.10 Å². The van der Waals surface area contributed by atoms with Gasteiger partial charge < -0.3 is 15.7 Å². The van der Waals surface area contributed by atoms with E-state index in [1.165, 1.54) is 0 Å². The lowest BCUT2D eigenvalue weighted by Gasteiger charge is -2.18. The summed E-state index contributed by atoms with van der Waals surface area (Å²) in [4.78, 5) is 11.4. The number of rotatable bonds is 5. The van der Waals surface area contributed by atoms with E-state index in [2.05, 4.69) is 10.6 Å². The first-order chi connectivity index (χ1) is 7.08. The minimum absolute atomic E-state index is 0.0924. The van der Waals surface area contributed by atoms with Gasteiger partial charge >= 0.3 is 0 Å². The van der Waals surface area contributed by atoms with E-state index in [0.29, 0.717) is 25.9 Å². The van der Waals surface area contributed by atoms with Crippen LogP contribution in [0, 0.1) is 0 Å². The third kappa shape index (κ3) is 3.43. The molecule has 2 atom stereocenters. The lowest BCUT2D eigenvalue weighted by atomic mass is 10.0. The molecule has 1 saturated heterocycles. The van der Waals surface area contributed by atoms with Crippen molar-refractivity contribution in [3.8, 4) is 0 Å². The van der Waals surface area contributed by atoms with Crippen molar-refractivity contribution in [3.05, 3.63) is 0 Å². The topological polar surface area (TPSA) is 61.4 Å². The maximum atomic E-state index is 13.8. The fraction of sp³-hybridized carbons (Fsp3) is 0.900. The second kappa shape index (κ2) is 5.42. The van der Waals surface area contributed by atoms with E-state index >= 15 is 0 Å². The molecule has 1 heterocycles. The molecule has 0 bridgehead atoms. The molecule has 3 N–H and O–H groups in total. The number of hydrogen-bond donors (Lipinski definition) is 3. The number of amides is 1. The van der Waals surface area contributed by atoms with Crippen LogP contribution in [0.25, 0.3) is 0 Å². The Labute approximate surface area is 89.2 Å². The van der Waals surface area contributed by atoms with E-state index in [1.807, 2.05) is 6.92 Å². The van der Waals surface area contributed by atoms with Crippen LogP contribution in [0.5, 0.6) is 0 Å². The van der Waals surface area contributed by atoms with Crippen LogP contribution in [0.3, 0.4) is 0 Å². The molecular formula is C10H19FN2O2. The average molecular weight is 218 g/mol. The highest BCUT2D eigenvalue weighted by atomic mass is 19.1. The average Bonchev–Trinajstić information content (AvgIpc) is 2.66. The van der Waals surface area contributed by atoms with Gasteiger partial charge in [-0.1, -0.05) is 6.92 Å². The largest absolute Gasteiger partial charge is 0.393 e. The predicted octanol–water partition coefficient (Wildman–Crippen LogP) is -0.0348. The quantitative estimate of drug-likeness (QED) is 0.607. The van der Waals surface area contributed by atoms with Crippen molar-refractivity contribution in [1.82, 2.24) is 10.6 Å². The van der Waals surface area contributed by atoms with Crippen LogP contribution in [0.2, 0.25) is 0 Å². The van der Waals surface area contributed by atoms with Crippen molar-refractivity contribution in [2.75, 3.05) is 19.6 Å². The number of nitrogens with one attached hydrogen (secondary N) is 2. The Balaban J connectivity index is 2.24. The molecule has 0 spiro atoms. The Morgan fingerprint density at radius 1 is 1.73 bits per heavy atom. The highest BCUT2D eigenvalue weighted by molar-refractivity contribution is 5.85. The molecule has 4 nitrogen and oxygen atoms in total. The molecule has 0 aromatic carbocycles. The Hall–Kier alpha value is -0.680.